The number of fused-ring (bicyclic) bond motifs is 3. The third-order valence-corrected chi connectivity index (χ3v) is 9.06. The standard InChI is InChI=1S/C23H22N6O4S/c1-22(2)21(25)28-23(13-34(22,31)32)12-33-11-15-4-5-16(7-17(15)23)26-20(30)18-10-29-9-14(8-24)3-6-19(29)27-18/h3-7,9-10H,11-13H2,1-2H3,(H2,25,28)(H,26,30)/t23-/m0/s1. The number of benzene rings is 1. The summed E-state index contributed by atoms with van der Waals surface area (Å²) in [6.07, 6.45) is 3.13. The number of pyridine rings is 1. The van der Waals surface area contributed by atoms with Crippen molar-refractivity contribution < 1.29 is 17.9 Å². The van der Waals surface area contributed by atoms with Crippen LogP contribution in [0.4, 0.5) is 5.69 Å². The van der Waals surface area contributed by atoms with E-state index in [0.717, 1.165) is 5.56 Å². The number of hydrogen-bond donors (Lipinski definition) is 2. The first-order valence-corrected chi connectivity index (χ1v) is 12.2. The molecule has 1 atom stereocenters. The maximum atomic E-state index is 13.1. The average Bonchev–Trinajstić information content (AvgIpc) is 3.22. The molecular weight excluding hydrogens is 456 g/mol. The Morgan fingerprint density at radius 3 is 2.79 bits per heavy atom. The Morgan fingerprint density at radius 1 is 1.26 bits per heavy atom. The van der Waals surface area contributed by atoms with Gasteiger partial charge in [0.15, 0.2) is 9.84 Å². The maximum Gasteiger partial charge on any atom is 0.275 e. The number of amides is 1. The summed E-state index contributed by atoms with van der Waals surface area (Å²) < 4.78 is 32.2. The molecule has 0 unspecified atom stereocenters. The highest BCUT2D eigenvalue weighted by Gasteiger charge is 2.52. The molecule has 0 fully saturated rings. The van der Waals surface area contributed by atoms with Crippen LogP contribution in [-0.2, 0) is 26.7 Å². The highest BCUT2D eigenvalue weighted by molar-refractivity contribution is 7.93. The molecule has 0 saturated heterocycles. The lowest BCUT2D eigenvalue weighted by Gasteiger charge is -2.42. The molecule has 1 spiro atoms. The van der Waals surface area contributed by atoms with E-state index in [1.165, 1.54) is 0 Å². The molecule has 4 heterocycles. The molecule has 34 heavy (non-hydrogen) atoms. The van der Waals surface area contributed by atoms with Gasteiger partial charge >= 0.3 is 0 Å². The summed E-state index contributed by atoms with van der Waals surface area (Å²) in [4.78, 5) is 21.8. The molecule has 3 aromatic rings. The molecule has 2 aromatic heterocycles. The van der Waals surface area contributed by atoms with Gasteiger partial charge in [0.25, 0.3) is 5.91 Å². The van der Waals surface area contributed by atoms with Crippen LogP contribution >= 0.6 is 0 Å². The predicted octanol–water partition coefficient (Wildman–Crippen LogP) is 1.75. The fourth-order valence-corrected chi connectivity index (χ4v) is 5.90. The number of anilines is 1. The Bertz CT molecular complexity index is 1530. The van der Waals surface area contributed by atoms with Crippen molar-refractivity contribution >= 4 is 32.9 Å². The number of carbonyl (C=O) groups excluding carboxylic acids is 1. The topological polar surface area (TPSA) is 152 Å². The minimum atomic E-state index is -3.62. The number of nitrogens with two attached hydrogens (primary N) is 1. The molecule has 2 aliphatic heterocycles. The molecule has 11 heteroatoms. The first-order chi connectivity index (χ1) is 16.0. The SMILES string of the molecule is CC1(C)C(N)=N[C@@]2(COCc3ccc(NC(=O)c4cn5cc(C#N)ccc5n4)cc32)CS1(=O)=O. The number of hydrogen-bond acceptors (Lipinski definition) is 8. The van der Waals surface area contributed by atoms with Crippen molar-refractivity contribution in [1.82, 2.24) is 9.38 Å². The molecular formula is C23H22N6O4S. The van der Waals surface area contributed by atoms with Crippen LogP contribution in [0.3, 0.4) is 0 Å². The van der Waals surface area contributed by atoms with E-state index in [1.807, 2.05) is 6.07 Å². The second kappa shape index (κ2) is 7.38. The number of imidazole rings is 1. The Balaban J connectivity index is 1.50. The molecule has 1 aromatic carbocycles. The van der Waals surface area contributed by atoms with Crippen molar-refractivity contribution in [3.05, 3.63) is 65.1 Å². The van der Waals surface area contributed by atoms with Crippen LogP contribution in [0.15, 0.2) is 47.7 Å². The van der Waals surface area contributed by atoms with E-state index in [1.54, 1.807) is 61.0 Å². The van der Waals surface area contributed by atoms with Crippen molar-refractivity contribution in [3.8, 4) is 6.07 Å². The number of aromatic nitrogens is 2. The second-order valence-corrected chi connectivity index (χ2v) is 11.6. The van der Waals surface area contributed by atoms with Crippen molar-refractivity contribution in [2.45, 2.75) is 30.7 Å². The molecule has 3 N–H and O–H groups in total. The predicted molar refractivity (Wildman–Crippen MR) is 125 cm³/mol. The Labute approximate surface area is 196 Å². The first-order valence-electron chi connectivity index (χ1n) is 10.5. The summed E-state index contributed by atoms with van der Waals surface area (Å²) in [7, 11) is -3.62. The van der Waals surface area contributed by atoms with Crippen LogP contribution in [0, 0.1) is 11.3 Å². The smallest absolute Gasteiger partial charge is 0.275 e. The van der Waals surface area contributed by atoms with E-state index in [4.69, 9.17) is 15.7 Å². The van der Waals surface area contributed by atoms with Crippen LogP contribution in [0.2, 0.25) is 0 Å². The molecule has 174 valence electrons. The number of nitrogens with zero attached hydrogens (tertiary/aromatic N) is 4. The van der Waals surface area contributed by atoms with E-state index >= 15 is 0 Å². The van der Waals surface area contributed by atoms with Crippen LogP contribution in [-0.4, -0.2) is 46.7 Å². The van der Waals surface area contributed by atoms with Crippen molar-refractivity contribution in [1.29, 1.82) is 5.26 Å². The van der Waals surface area contributed by atoms with Gasteiger partial charge in [-0.15, -0.1) is 0 Å². The maximum absolute atomic E-state index is 13.1. The summed E-state index contributed by atoms with van der Waals surface area (Å²) in [5, 5.41) is 11.9. The van der Waals surface area contributed by atoms with Gasteiger partial charge < -0.3 is 20.2 Å². The Hall–Kier alpha value is -3.75. The number of nitrogens with one attached hydrogen (secondary N) is 1. The van der Waals surface area contributed by atoms with Gasteiger partial charge in [0.05, 0.1) is 24.5 Å². The van der Waals surface area contributed by atoms with Gasteiger partial charge in [-0.25, -0.2) is 13.4 Å². The van der Waals surface area contributed by atoms with Gasteiger partial charge in [-0.3, -0.25) is 9.79 Å². The van der Waals surface area contributed by atoms with E-state index < -0.39 is 26.0 Å². The van der Waals surface area contributed by atoms with Gasteiger partial charge in [0, 0.05) is 18.1 Å². The minimum absolute atomic E-state index is 0.0334. The summed E-state index contributed by atoms with van der Waals surface area (Å²) in [5.74, 6) is -0.652. The molecule has 5 rings (SSSR count). The monoisotopic (exact) mass is 478 g/mol. The Kier molecular flexibility index (Phi) is 4.79. The minimum Gasteiger partial charge on any atom is -0.386 e. The zero-order valence-electron chi connectivity index (χ0n) is 18.6. The quantitative estimate of drug-likeness (QED) is 0.569. The molecule has 10 nitrogen and oxygen atoms in total. The molecule has 0 aliphatic carbocycles. The third kappa shape index (κ3) is 3.34. The zero-order chi connectivity index (χ0) is 24.3. The number of ether oxygens (including phenoxy) is 1. The summed E-state index contributed by atoms with van der Waals surface area (Å²) in [6.45, 7) is 3.46. The molecule has 0 radical (unpaired) electrons. The zero-order valence-corrected chi connectivity index (χ0v) is 19.4. The molecule has 0 bridgehead atoms. The number of sulfone groups is 1. The fourth-order valence-electron chi connectivity index (χ4n) is 4.25. The van der Waals surface area contributed by atoms with Crippen molar-refractivity contribution in [2.24, 2.45) is 10.7 Å². The van der Waals surface area contributed by atoms with Gasteiger partial charge in [-0.2, -0.15) is 5.26 Å². The highest BCUT2D eigenvalue weighted by Crippen LogP contribution is 2.42. The lowest BCUT2D eigenvalue weighted by Crippen LogP contribution is -2.57. The van der Waals surface area contributed by atoms with Gasteiger partial charge in [0.2, 0.25) is 0 Å². The van der Waals surface area contributed by atoms with Crippen LogP contribution in [0.5, 0.6) is 0 Å². The molecule has 0 saturated carbocycles. The van der Waals surface area contributed by atoms with Crippen molar-refractivity contribution in [3.63, 3.8) is 0 Å². The van der Waals surface area contributed by atoms with Crippen molar-refractivity contribution in [2.75, 3.05) is 17.7 Å². The second-order valence-electron chi connectivity index (χ2n) is 9.04. The normalized spacial score (nSPS) is 22.6. The number of rotatable bonds is 2. The van der Waals surface area contributed by atoms with E-state index in [0.29, 0.717) is 29.1 Å². The third-order valence-electron chi connectivity index (χ3n) is 6.44. The molecule has 1 amide bonds. The lowest BCUT2D eigenvalue weighted by atomic mass is 9.86. The number of aliphatic imine (C=N–C) groups is 1. The number of nitriles is 1. The van der Waals surface area contributed by atoms with Gasteiger partial charge in [-0.1, -0.05) is 6.07 Å². The largest absolute Gasteiger partial charge is 0.386 e. The number of amidine groups is 1. The van der Waals surface area contributed by atoms with E-state index in [-0.39, 0.29) is 23.9 Å². The summed E-state index contributed by atoms with van der Waals surface area (Å²) in [6, 6.07) is 10.6. The molecule has 2 aliphatic rings. The summed E-state index contributed by atoms with van der Waals surface area (Å²) in [5.41, 5.74) is 8.01. The van der Waals surface area contributed by atoms with Crippen LogP contribution < -0.4 is 11.1 Å². The van der Waals surface area contributed by atoms with Gasteiger partial charge in [0.1, 0.15) is 33.5 Å². The summed E-state index contributed by atoms with van der Waals surface area (Å²) >= 11 is 0. The highest BCUT2D eigenvalue weighted by atomic mass is 32.2. The van der Waals surface area contributed by atoms with E-state index in [9.17, 15) is 13.2 Å². The Morgan fingerprint density at radius 2 is 2.06 bits per heavy atom. The average molecular weight is 479 g/mol. The first kappa shape index (κ1) is 22.1. The van der Waals surface area contributed by atoms with Crippen LogP contribution in [0.25, 0.3) is 5.65 Å². The lowest BCUT2D eigenvalue weighted by molar-refractivity contribution is 0.0610. The number of carbonyl (C=O) groups is 1. The fraction of sp³-hybridized carbons (Fsp3) is 0.304. The van der Waals surface area contributed by atoms with Crippen LogP contribution in [0.1, 0.15) is 41.0 Å². The van der Waals surface area contributed by atoms with E-state index in [2.05, 4.69) is 15.3 Å². The van der Waals surface area contributed by atoms with Gasteiger partial charge in [-0.05, 0) is 49.2 Å².